The summed E-state index contributed by atoms with van der Waals surface area (Å²) < 4.78 is 0.136. The summed E-state index contributed by atoms with van der Waals surface area (Å²) in [5.74, 6) is 0.0943. The molecule has 3 atom stereocenters. The van der Waals surface area contributed by atoms with Crippen molar-refractivity contribution >= 4 is 51.5 Å². The molecule has 2 bridgehead atoms. The van der Waals surface area contributed by atoms with E-state index in [2.05, 4.69) is 5.32 Å². The highest BCUT2D eigenvalue weighted by atomic mass is 35.6. The van der Waals surface area contributed by atoms with E-state index in [9.17, 15) is 9.59 Å². The van der Waals surface area contributed by atoms with Crippen molar-refractivity contribution in [1.82, 2.24) is 14.8 Å². The first-order chi connectivity index (χ1) is 15.3. The third-order valence-corrected chi connectivity index (χ3v) is 7.11. The molecule has 3 aromatic rings. The molecule has 0 spiro atoms. The number of hydrogen-bond acceptors (Lipinski definition) is 3. The van der Waals surface area contributed by atoms with E-state index in [1.165, 1.54) is 0 Å². The fraction of sp³-hybridized carbons (Fsp3) is 0.333. The zero-order valence-corrected chi connectivity index (χ0v) is 19.4. The van der Waals surface area contributed by atoms with Crippen LogP contribution in [0, 0.1) is 5.92 Å². The van der Waals surface area contributed by atoms with E-state index in [4.69, 9.17) is 34.8 Å². The Morgan fingerprint density at radius 3 is 2.53 bits per heavy atom. The molecule has 1 fully saturated rings. The number of nitrogens with zero attached hydrogens (tertiary/aromatic N) is 2. The van der Waals surface area contributed by atoms with Gasteiger partial charge in [0.25, 0.3) is 11.5 Å². The number of fused-ring (bicyclic) bond motifs is 5. The van der Waals surface area contributed by atoms with Crippen LogP contribution in [0.2, 0.25) is 0 Å². The highest BCUT2D eigenvalue weighted by Crippen LogP contribution is 2.40. The van der Waals surface area contributed by atoms with Gasteiger partial charge >= 0.3 is 0 Å². The van der Waals surface area contributed by atoms with Gasteiger partial charge in [-0.15, -0.1) is 0 Å². The van der Waals surface area contributed by atoms with Crippen molar-refractivity contribution in [2.24, 2.45) is 5.92 Å². The molecule has 2 aromatic carbocycles. The molecule has 5 nitrogen and oxygen atoms in total. The van der Waals surface area contributed by atoms with Crippen LogP contribution in [0.4, 0.5) is 0 Å². The van der Waals surface area contributed by atoms with Crippen LogP contribution in [0.15, 0.2) is 65.5 Å². The molecule has 166 valence electrons. The highest BCUT2D eigenvalue weighted by molar-refractivity contribution is 6.68. The van der Waals surface area contributed by atoms with Gasteiger partial charge in [-0.25, -0.2) is 0 Å². The van der Waals surface area contributed by atoms with Gasteiger partial charge in [0, 0.05) is 42.9 Å². The Hall–Kier alpha value is -2.05. The molecule has 32 heavy (non-hydrogen) atoms. The lowest BCUT2D eigenvalue weighted by molar-refractivity contribution is 0.0587. The molecule has 1 N–H and O–H groups in total. The molecular formula is C24H22Cl3N3O2. The number of halogens is 3. The van der Waals surface area contributed by atoms with Crippen LogP contribution < -0.4 is 10.9 Å². The maximum absolute atomic E-state index is 13.3. The van der Waals surface area contributed by atoms with Crippen molar-refractivity contribution in [1.29, 1.82) is 0 Å². The molecule has 0 radical (unpaired) electrons. The fourth-order valence-corrected chi connectivity index (χ4v) is 5.73. The molecule has 1 unspecified atom stereocenters. The van der Waals surface area contributed by atoms with Gasteiger partial charge in [-0.05, 0) is 35.2 Å². The highest BCUT2D eigenvalue weighted by Gasteiger charge is 2.44. The molecule has 8 heteroatoms. The second-order valence-corrected chi connectivity index (χ2v) is 11.0. The van der Waals surface area contributed by atoms with Crippen LogP contribution in [-0.4, -0.2) is 38.4 Å². The standard InChI is InChI=1S/C24H22Cl3N3O2/c25-24(26,27)23(28-22(32)19-8-3-6-16-5-1-2-7-18(16)19)29-12-15-11-17(14-29)20-9-4-10-21(31)30(20)13-15/h1-10,15,17,23H,11-14H2,(H,28,32)/t15-,17+,23?/m0/s1. The topological polar surface area (TPSA) is 54.3 Å². The summed E-state index contributed by atoms with van der Waals surface area (Å²) >= 11 is 19.2. The van der Waals surface area contributed by atoms with E-state index in [0.29, 0.717) is 25.2 Å². The number of carbonyl (C=O) groups excluding carboxylic acids is 1. The van der Waals surface area contributed by atoms with Crippen molar-refractivity contribution in [2.75, 3.05) is 13.1 Å². The normalized spacial score (nSPS) is 21.7. The van der Waals surface area contributed by atoms with E-state index in [0.717, 1.165) is 22.9 Å². The molecule has 0 aliphatic carbocycles. The Morgan fingerprint density at radius 1 is 0.969 bits per heavy atom. The van der Waals surface area contributed by atoms with E-state index < -0.39 is 9.96 Å². The van der Waals surface area contributed by atoms with Crippen molar-refractivity contribution in [2.45, 2.75) is 28.8 Å². The quantitative estimate of drug-likeness (QED) is 0.548. The number of hydrogen-bond donors (Lipinski definition) is 1. The Morgan fingerprint density at radius 2 is 1.72 bits per heavy atom. The first-order valence-electron chi connectivity index (χ1n) is 10.6. The molecule has 2 aliphatic rings. The molecule has 0 saturated carbocycles. The van der Waals surface area contributed by atoms with Gasteiger partial charge in [0.2, 0.25) is 3.79 Å². The minimum absolute atomic E-state index is 0.0211. The lowest BCUT2D eigenvalue weighted by atomic mass is 9.83. The van der Waals surface area contributed by atoms with Crippen LogP contribution in [0.25, 0.3) is 10.8 Å². The molecule has 1 saturated heterocycles. The van der Waals surface area contributed by atoms with Crippen LogP contribution in [0.3, 0.4) is 0 Å². The predicted molar refractivity (Wildman–Crippen MR) is 129 cm³/mol. The molecule has 3 heterocycles. The summed E-state index contributed by atoms with van der Waals surface area (Å²) in [4.78, 5) is 27.6. The maximum Gasteiger partial charge on any atom is 0.253 e. The largest absolute Gasteiger partial charge is 0.332 e. The third-order valence-electron chi connectivity index (χ3n) is 6.49. The van der Waals surface area contributed by atoms with E-state index in [1.807, 2.05) is 51.9 Å². The van der Waals surface area contributed by atoms with Gasteiger partial charge < -0.3 is 9.88 Å². The summed E-state index contributed by atoms with van der Waals surface area (Å²) in [5.41, 5.74) is 1.56. The number of piperidine rings is 1. The summed E-state index contributed by atoms with van der Waals surface area (Å²) in [6, 6.07) is 18.7. The number of alkyl halides is 3. The predicted octanol–water partition coefficient (Wildman–Crippen LogP) is 4.55. The lowest BCUT2D eigenvalue weighted by Crippen LogP contribution is -2.60. The molecule has 1 aromatic heterocycles. The summed E-state index contributed by atoms with van der Waals surface area (Å²) in [6.45, 7) is 1.85. The van der Waals surface area contributed by atoms with Gasteiger partial charge in [-0.2, -0.15) is 0 Å². The van der Waals surface area contributed by atoms with Gasteiger partial charge in [0.15, 0.2) is 0 Å². The van der Waals surface area contributed by atoms with E-state index in [1.54, 1.807) is 18.2 Å². The van der Waals surface area contributed by atoms with Gasteiger partial charge in [-0.1, -0.05) is 77.3 Å². The zero-order chi connectivity index (χ0) is 22.5. The number of likely N-dealkylation sites (tertiary alicyclic amines) is 1. The first-order valence-corrected chi connectivity index (χ1v) is 11.7. The molecular weight excluding hydrogens is 469 g/mol. The Balaban J connectivity index is 1.44. The van der Waals surface area contributed by atoms with Crippen molar-refractivity contribution in [3.8, 4) is 0 Å². The number of rotatable bonds is 3. The number of nitrogens with one attached hydrogen (secondary N) is 1. The van der Waals surface area contributed by atoms with Crippen LogP contribution in [0.5, 0.6) is 0 Å². The van der Waals surface area contributed by atoms with Crippen molar-refractivity contribution in [3.05, 3.63) is 82.3 Å². The Bertz CT molecular complexity index is 1230. The second-order valence-electron chi connectivity index (χ2n) is 8.60. The van der Waals surface area contributed by atoms with Crippen LogP contribution in [-0.2, 0) is 6.54 Å². The lowest BCUT2D eigenvalue weighted by Gasteiger charge is -2.47. The third kappa shape index (κ3) is 4.03. The number of aromatic nitrogens is 1. The molecule has 1 amide bonds. The number of amides is 1. The number of benzene rings is 2. The van der Waals surface area contributed by atoms with E-state index >= 15 is 0 Å². The summed E-state index contributed by atoms with van der Waals surface area (Å²) in [5, 5.41) is 4.80. The average molecular weight is 491 g/mol. The molecule has 2 aliphatic heterocycles. The van der Waals surface area contributed by atoms with Crippen LogP contribution >= 0.6 is 34.8 Å². The monoisotopic (exact) mass is 489 g/mol. The fourth-order valence-electron chi connectivity index (χ4n) is 5.15. The number of carbonyl (C=O) groups is 1. The van der Waals surface area contributed by atoms with E-state index in [-0.39, 0.29) is 23.3 Å². The average Bonchev–Trinajstić information content (AvgIpc) is 2.77. The summed E-state index contributed by atoms with van der Waals surface area (Å²) in [6.07, 6.45) is 0.176. The minimum atomic E-state index is -1.72. The van der Waals surface area contributed by atoms with Crippen LogP contribution in [0.1, 0.15) is 28.4 Å². The van der Waals surface area contributed by atoms with Crippen molar-refractivity contribution in [3.63, 3.8) is 0 Å². The molecule has 5 rings (SSSR count). The Labute approximate surface area is 200 Å². The van der Waals surface area contributed by atoms with Crippen molar-refractivity contribution < 1.29 is 4.79 Å². The Kier molecular flexibility index (Phi) is 5.70. The minimum Gasteiger partial charge on any atom is -0.332 e. The number of pyridine rings is 1. The summed E-state index contributed by atoms with van der Waals surface area (Å²) in [7, 11) is 0. The SMILES string of the molecule is O=C(NC(N1C[C@@H]2C[C@H](C1)c1cccc(=O)n1C2)C(Cl)(Cl)Cl)c1cccc2ccccc12. The van der Waals surface area contributed by atoms with Gasteiger partial charge in [0.1, 0.15) is 6.17 Å². The maximum atomic E-state index is 13.3. The second kappa shape index (κ2) is 8.38. The van der Waals surface area contributed by atoms with Gasteiger partial charge in [0.05, 0.1) is 0 Å². The smallest absolute Gasteiger partial charge is 0.253 e. The zero-order valence-electron chi connectivity index (χ0n) is 17.2. The first kappa shape index (κ1) is 21.8. The van der Waals surface area contributed by atoms with Gasteiger partial charge in [-0.3, -0.25) is 14.5 Å².